The molecular weight excluding hydrogens is 360 g/mol. The van der Waals surface area contributed by atoms with Crippen LogP contribution >= 0.6 is 0 Å². The van der Waals surface area contributed by atoms with E-state index in [-0.39, 0.29) is 11.3 Å². The molecule has 0 radical (unpaired) electrons. The van der Waals surface area contributed by atoms with E-state index in [0.717, 1.165) is 44.8 Å². The molecule has 1 fully saturated rings. The number of aryl methyl sites for hydroxylation is 1. The molecule has 0 unspecified atom stereocenters. The summed E-state index contributed by atoms with van der Waals surface area (Å²) in [6.07, 6.45) is 4.98. The lowest BCUT2D eigenvalue weighted by molar-refractivity contribution is -0.117. The number of primary amides is 1. The maximum atomic E-state index is 11.1. The van der Waals surface area contributed by atoms with Gasteiger partial charge in [-0.3, -0.25) is 9.69 Å². The molecule has 0 aromatic heterocycles. The number of carbonyl (C=O) groups is 1. The Balaban J connectivity index is 1.54. The van der Waals surface area contributed by atoms with E-state index in [4.69, 9.17) is 10.5 Å². The molecule has 0 bridgehead atoms. The lowest BCUT2D eigenvalue weighted by Gasteiger charge is -2.42. The van der Waals surface area contributed by atoms with E-state index in [0.29, 0.717) is 6.42 Å². The number of carbonyl (C=O) groups excluding carboxylic acids is 1. The van der Waals surface area contributed by atoms with Crippen LogP contribution in [0.15, 0.2) is 54.6 Å². The van der Waals surface area contributed by atoms with Crippen LogP contribution in [0.1, 0.15) is 42.9 Å². The number of nitrogens with two attached hydrogens (primary N) is 1. The fraction of sp³-hybridized carbons (Fsp3) is 0.480. The third kappa shape index (κ3) is 6.69. The summed E-state index contributed by atoms with van der Waals surface area (Å²) < 4.78 is 5.91. The summed E-state index contributed by atoms with van der Waals surface area (Å²) >= 11 is 0. The summed E-state index contributed by atoms with van der Waals surface area (Å²) in [5.41, 5.74) is 9.25. The lowest BCUT2D eigenvalue weighted by Crippen LogP contribution is -2.42. The summed E-state index contributed by atoms with van der Waals surface area (Å²) in [6.45, 7) is 6.90. The first kappa shape index (κ1) is 21.5. The topological polar surface area (TPSA) is 55.6 Å². The van der Waals surface area contributed by atoms with Crippen LogP contribution in [-0.4, -0.2) is 37.1 Å². The van der Waals surface area contributed by atoms with Gasteiger partial charge in [-0.1, -0.05) is 54.6 Å². The molecule has 29 heavy (non-hydrogen) atoms. The van der Waals surface area contributed by atoms with Crippen molar-refractivity contribution in [2.75, 3.05) is 26.3 Å². The van der Waals surface area contributed by atoms with Crippen LogP contribution in [0.2, 0.25) is 0 Å². The maximum Gasteiger partial charge on any atom is 0.221 e. The molecular formula is C25H34N2O2. The monoisotopic (exact) mass is 394 g/mol. The molecule has 0 saturated carbocycles. The van der Waals surface area contributed by atoms with Crippen molar-refractivity contribution < 1.29 is 9.53 Å². The molecule has 2 N–H and O–H groups in total. The fourth-order valence-electron chi connectivity index (χ4n) is 4.25. The largest absolute Gasteiger partial charge is 0.381 e. The summed E-state index contributed by atoms with van der Waals surface area (Å²) in [4.78, 5) is 13.6. The van der Waals surface area contributed by atoms with Crippen molar-refractivity contribution in [3.05, 3.63) is 71.3 Å². The zero-order valence-corrected chi connectivity index (χ0v) is 17.6. The van der Waals surface area contributed by atoms with Crippen LogP contribution < -0.4 is 5.73 Å². The first-order valence-corrected chi connectivity index (χ1v) is 10.8. The second kappa shape index (κ2) is 10.6. The van der Waals surface area contributed by atoms with Gasteiger partial charge in [0, 0.05) is 13.2 Å². The van der Waals surface area contributed by atoms with Crippen molar-refractivity contribution in [2.24, 2.45) is 11.1 Å². The van der Waals surface area contributed by atoms with E-state index >= 15 is 0 Å². The summed E-state index contributed by atoms with van der Waals surface area (Å²) in [5, 5.41) is 0. The summed E-state index contributed by atoms with van der Waals surface area (Å²) in [5.74, 6) is -0.282. The van der Waals surface area contributed by atoms with Crippen molar-refractivity contribution in [2.45, 2.75) is 45.6 Å². The molecule has 1 saturated heterocycles. The molecule has 2 aromatic carbocycles. The van der Waals surface area contributed by atoms with Gasteiger partial charge in [0.25, 0.3) is 0 Å². The number of amides is 1. The van der Waals surface area contributed by atoms with Crippen molar-refractivity contribution in [3.8, 4) is 0 Å². The van der Waals surface area contributed by atoms with E-state index in [1.807, 2.05) is 12.1 Å². The zero-order valence-electron chi connectivity index (χ0n) is 17.6. The smallest absolute Gasteiger partial charge is 0.221 e. The highest BCUT2D eigenvalue weighted by Crippen LogP contribution is 2.37. The predicted molar refractivity (Wildman–Crippen MR) is 118 cm³/mol. The third-order valence-corrected chi connectivity index (χ3v) is 6.12. The molecule has 0 spiro atoms. The van der Waals surface area contributed by atoms with E-state index in [1.165, 1.54) is 30.4 Å². The highest BCUT2D eigenvalue weighted by atomic mass is 16.5. The van der Waals surface area contributed by atoms with Gasteiger partial charge >= 0.3 is 0 Å². The number of likely N-dealkylation sites (tertiary alicyclic amines) is 1. The molecule has 1 heterocycles. The van der Waals surface area contributed by atoms with Gasteiger partial charge in [-0.25, -0.2) is 0 Å². The molecule has 2 aromatic rings. The van der Waals surface area contributed by atoms with Crippen LogP contribution in [0.5, 0.6) is 0 Å². The highest BCUT2D eigenvalue weighted by Gasteiger charge is 2.34. The Kier molecular flexibility index (Phi) is 7.84. The molecule has 3 rings (SSSR count). The van der Waals surface area contributed by atoms with Crippen LogP contribution in [-0.2, 0) is 28.9 Å². The first-order valence-electron chi connectivity index (χ1n) is 10.8. The summed E-state index contributed by atoms with van der Waals surface area (Å²) in [6, 6.07) is 19.1. The molecule has 0 atom stereocenters. The van der Waals surface area contributed by atoms with Crippen LogP contribution in [0.3, 0.4) is 0 Å². The minimum Gasteiger partial charge on any atom is -0.381 e. The number of hydrogen-bond acceptors (Lipinski definition) is 3. The second-order valence-corrected chi connectivity index (χ2v) is 8.36. The van der Waals surface area contributed by atoms with Crippen molar-refractivity contribution in [3.63, 3.8) is 0 Å². The fourth-order valence-corrected chi connectivity index (χ4v) is 4.25. The average Bonchev–Trinajstić information content (AvgIpc) is 2.74. The van der Waals surface area contributed by atoms with E-state index < -0.39 is 0 Å². The lowest BCUT2D eigenvalue weighted by atomic mass is 9.74. The third-order valence-electron chi connectivity index (χ3n) is 6.12. The number of benzene rings is 2. The quantitative estimate of drug-likeness (QED) is 0.663. The van der Waals surface area contributed by atoms with Crippen molar-refractivity contribution in [1.82, 2.24) is 4.90 Å². The van der Waals surface area contributed by atoms with Gasteiger partial charge in [0.1, 0.15) is 0 Å². The van der Waals surface area contributed by atoms with E-state index in [9.17, 15) is 4.79 Å². The number of nitrogens with zero attached hydrogens (tertiary/aromatic N) is 1. The number of rotatable bonds is 10. The van der Waals surface area contributed by atoms with Gasteiger partial charge < -0.3 is 10.5 Å². The minimum absolute atomic E-state index is 0.282. The summed E-state index contributed by atoms with van der Waals surface area (Å²) in [7, 11) is 0. The van der Waals surface area contributed by atoms with Gasteiger partial charge in [-0.15, -0.1) is 0 Å². The van der Waals surface area contributed by atoms with Crippen LogP contribution in [0.25, 0.3) is 0 Å². The Hall–Kier alpha value is -2.17. The molecule has 0 aliphatic carbocycles. The Morgan fingerprint density at radius 3 is 2.28 bits per heavy atom. The molecule has 4 nitrogen and oxygen atoms in total. The predicted octanol–water partition coefficient (Wildman–Crippen LogP) is 3.97. The van der Waals surface area contributed by atoms with Gasteiger partial charge in [0.2, 0.25) is 5.91 Å². The van der Waals surface area contributed by atoms with Crippen molar-refractivity contribution in [1.29, 1.82) is 0 Å². The first-order chi connectivity index (χ1) is 14.1. The Morgan fingerprint density at radius 2 is 1.66 bits per heavy atom. The Labute approximate surface area is 175 Å². The minimum atomic E-state index is -0.282. The normalized spacial score (nSPS) is 16.6. The number of hydrogen-bond donors (Lipinski definition) is 1. The van der Waals surface area contributed by atoms with E-state index in [1.54, 1.807) is 0 Å². The number of ether oxygens (including phenoxy) is 1. The molecule has 1 amide bonds. The Morgan fingerprint density at radius 1 is 1.00 bits per heavy atom. The number of piperidine rings is 1. The molecule has 1 aliphatic heterocycles. The molecule has 1 aliphatic rings. The van der Waals surface area contributed by atoms with Gasteiger partial charge in [-0.2, -0.15) is 0 Å². The average molecular weight is 395 g/mol. The van der Waals surface area contributed by atoms with Gasteiger partial charge in [0.05, 0.1) is 13.0 Å². The Bertz CT molecular complexity index is 750. The van der Waals surface area contributed by atoms with Crippen molar-refractivity contribution >= 4 is 5.91 Å². The van der Waals surface area contributed by atoms with Gasteiger partial charge in [0.15, 0.2) is 0 Å². The SMILES string of the molecule is CCOCC1(CCc2ccccc2)CCN(Cc2ccc(CC(N)=O)cc2)CC1. The molecule has 156 valence electrons. The molecule has 4 heteroatoms. The maximum absolute atomic E-state index is 11.1. The second-order valence-electron chi connectivity index (χ2n) is 8.36. The zero-order chi connectivity index (χ0) is 20.5. The standard InChI is InChI=1S/C25H34N2O2/c1-2-29-20-25(13-12-21-6-4-3-5-7-21)14-16-27(17-15-25)19-23-10-8-22(9-11-23)18-24(26)28/h3-11H,2,12-20H2,1H3,(H2,26,28). The highest BCUT2D eigenvalue weighted by molar-refractivity contribution is 5.76. The van der Waals surface area contributed by atoms with Crippen LogP contribution in [0, 0.1) is 5.41 Å². The van der Waals surface area contributed by atoms with Crippen LogP contribution in [0.4, 0.5) is 0 Å². The van der Waals surface area contributed by atoms with Gasteiger partial charge in [-0.05, 0) is 67.8 Å². The van der Waals surface area contributed by atoms with E-state index in [2.05, 4.69) is 54.3 Å².